The van der Waals surface area contributed by atoms with Crippen LogP contribution in [0.15, 0.2) is 47.7 Å². The third kappa shape index (κ3) is 3.71. The van der Waals surface area contributed by atoms with Gasteiger partial charge in [-0.3, -0.25) is 4.79 Å². The van der Waals surface area contributed by atoms with E-state index in [0.29, 0.717) is 11.4 Å². The van der Waals surface area contributed by atoms with E-state index in [2.05, 4.69) is 10.5 Å². The molecular formula is C15H16ClN3O. The molecule has 0 atom stereocenters. The van der Waals surface area contributed by atoms with Gasteiger partial charge in [0.25, 0.3) is 0 Å². The van der Waals surface area contributed by atoms with Gasteiger partial charge in [0.1, 0.15) is 0 Å². The van der Waals surface area contributed by atoms with Crippen LogP contribution in [-0.4, -0.2) is 16.2 Å². The van der Waals surface area contributed by atoms with Crippen LogP contribution in [0.3, 0.4) is 0 Å². The second-order valence-corrected chi connectivity index (χ2v) is 4.96. The van der Waals surface area contributed by atoms with Gasteiger partial charge in [-0.15, -0.1) is 0 Å². The molecule has 0 unspecified atom stereocenters. The summed E-state index contributed by atoms with van der Waals surface area (Å²) in [5.74, 6) is -0.139. The van der Waals surface area contributed by atoms with Gasteiger partial charge in [0, 0.05) is 24.0 Å². The summed E-state index contributed by atoms with van der Waals surface area (Å²) in [7, 11) is 1.91. The Kier molecular flexibility index (Phi) is 4.58. The molecular weight excluding hydrogens is 274 g/mol. The molecule has 104 valence electrons. The van der Waals surface area contributed by atoms with Crippen LogP contribution in [0.4, 0.5) is 0 Å². The van der Waals surface area contributed by atoms with Gasteiger partial charge in [-0.2, -0.15) is 5.10 Å². The van der Waals surface area contributed by atoms with Gasteiger partial charge in [-0.05, 0) is 36.8 Å². The second-order valence-electron chi connectivity index (χ2n) is 4.53. The highest BCUT2D eigenvalue weighted by atomic mass is 35.5. The summed E-state index contributed by atoms with van der Waals surface area (Å²) in [6.07, 6.45) is 2.21. The maximum Gasteiger partial charge on any atom is 0.246 e. The number of carbonyl (C=O) groups is 1. The quantitative estimate of drug-likeness (QED) is 0.683. The Hall–Kier alpha value is -2.07. The fourth-order valence-electron chi connectivity index (χ4n) is 1.79. The van der Waals surface area contributed by atoms with E-state index in [1.165, 1.54) is 0 Å². The number of rotatable bonds is 4. The van der Waals surface area contributed by atoms with Crippen molar-refractivity contribution in [3.63, 3.8) is 0 Å². The summed E-state index contributed by atoms with van der Waals surface area (Å²) >= 11 is 5.83. The highest BCUT2D eigenvalue weighted by Gasteiger charge is 2.05. The van der Waals surface area contributed by atoms with Gasteiger partial charge < -0.3 is 4.57 Å². The minimum Gasteiger partial charge on any atom is -0.354 e. The van der Waals surface area contributed by atoms with Crippen molar-refractivity contribution in [2.75, 3.05) is 0 Å². The van der Waals surface area contributed by atoms with E-state index in [-0.39, 0.29) is 5.91 Å². The number of hydrogen-bond donors (Lipinski definition) is 1. The molecule has 20 heavy (non-hydrogen) atoms. The number of nitrogens with zero attached hydrogens (tertiary/aromatic N) is 2. The first-order valence-electron chi connectivity index (χ1n) is 6.25. The Morgan fingerprint density at radius 3 is 2.60 bits per heavy atom. The number of amides is 1. The molecule has 2 rings (SSSR count). The number of hydrogen-bond acceptors (Lipinski definition) is 2. The van der Waals surface area contributed by atoms with Crippen LogP contribution in [0.2, 0.25) is 5.02 Å². The Morgan fingerprint density at radius 2 is 2.00 bits per heavy atom. The number of aryl methyl sites for hydroxylation is 1. The number of benzene rings is 1. The van der Waals surface area contributed by atoms with Crippen LogP contribution in [0.5, 0.6) is 0 Å². The van der Waals surface area contributed by atoms with Crippen LogP contribution in [0, 0.1) is 0 Å². The summed E-state index contributed by atoms with van der Waals surface area (Å²) in [5.41, 5.74) is 5.17. The minimum absolute atomic E-state index is 0.139. The largest absolute Gasteiger partial charge is 0.354 e. The van der Waals surface area contributed by atoms with Gasteiger partial charge in [0.15, 0.2) is 0 Å². The molecule has 1 N–H and O–H groups in total. The SMILES string of the molecule is C/C(=N/NC(=O)Cc1cccn1C)c1ccc(Cl)cc1. The van der Waals surface area contributed by atoms with E-state index in [4.69, 9.17) is 11.6 Å². The smallest absolute Gasteiger partial charge is 0.246 e. The molecule has 0 fully saturated rings. The van der Waals surface area contributed by atoms with Crippen molar-refractivity contribution in [3.8, 4) is 0 Å². The van der Waals surface area contributed by atoms with E-state index >= 15 is 0 Å². The predicted molar refractivity (Wildman–Crippen MR) is 80.9 cm³/mol. The zero-order valence-electron chi connectivity index (χ0n) is 11.4. The molecule has 1 amide bonds. The molecule has 4 nitrogen and oxygen atoms in total. The Labute approximate surface area is 123 Å². The maximum atomic E-state index is 11.8. The molecule has 0 saturated carbocycles. The topological polar surface area (TPSA) is 46.4 Å². The predicted octanol–water partition coefficient (Wildman–Crippen LogP) is 2.76. The number of halogens is 1. The van der Waals surface area contributed by atoms with E-state index in [9.17, 15) is 4.79 Å². The van der Waals surface area contributed by atoms with Gasteiger partial charge in [-0.25, -0.2) is 5.43 Å². The van der Waals surface area contributed by atoms with E-state index in [1.807, 2.05) is 49.0 Å². The molecule has 1 heterocycles. The number of nitrogens with one attached hydrogen (secondary N) is 1. The first kappa shape index (κ1) is 14.3. The third-order valence-corrected chi connectivity index (χ3v) is 3.26. The molecule has 2 aromatic rings. The average Bonchev–Trinajstić information content (AvgIpc) is 2.82. The van der Waals surface area contributed by atoms with Crippen molar-refractivity contribution in [2.24, 2.45) is 12.1 Å². The zero-order valence-corrected chi connectivity index (χ0v) is 12.2. The van der Waals surface area contributed by atoms with Crippen LogP contribution >= 0.6 is 11.6 Å². The van der Waals surface area contributed by atoms with E-state index < -0.39 is 0 Å². The lowest BCUT2D eigenvalue weighted by Gasteiger charge is -2.04. The highest BCUT2D eigenvalue weighted by Crippen LogP contribution is 2.10. The molecule has 0 aliphatic heterocycles. The molecule has 1 aromatic carbocycles. The average molecular weight is 290 g/mol. The molecule has 0 aliphatic rings. The van der Waals surface area contributed by atoms with Crippen LogP contribution < -0.4 is 5.43 Å². The normalized spacial score (nSPS) is 11.4. The van der Waals surface area contributed by atoms with Crippen molar-refractivity contribution < 1.29 is 4.79 Å². The Balaban J connectivity index is 1.96. The van der Waals surface area contributed by atoms with Gasteiger partial charge >= 0.3 is 0 Å². The Morgan fingerprint density at radius 1 is 1.30 bits per heavy atom. The van der Waals surface area contributed by atoms with Gasteiger partial charge in [0.05, 0.1) is 12.1 Å². The molecule has 5 heteroatoms. The van der Waals surface area contributed by atoms with Crippen molar-refractivity contribution >= 4 is 23.2 Å². The van der Waals surface area contributed by atoms with Crippen molar-refractivity contribution in [3.05, 3.63) is 58.9 Å². The molecule has 0 aliphatic carbocycles. The van der Waals surface area contributed by atoms with E-state index in [1.54, 1.807) is 12.1 Å². The zero-order chi connectivity index (χ0) is 14.5. The lowest BCUT2D eigenvalue weighted by atomic mass is 10.1. The summed E-state index contributed by atoms with van der Waals surface area (Å²) in [4.78, 5) is 11.8. The molecule has 1 aromatic heterocycles. The van der Waals surface area contributed by atoms with E-state index in [0.717, 1.165) is 17.0 Å². The first-order valence-corrected chi connectivity index (χ1v) is 6.63. The molecule has 0 saturated heterocycles. The summed E-state index contributed by atoms with van der Waals surface area (Å²) in [5, 5.41) is 4.77. The van der Waals surface area contributed by atoms with Crippen LogP contribution in [-0.2, 0) is 18.3 Å². The summed E-state index contributed by atoms with van der Waals surface area (Å²) in [6, 6.07) is 11.1. The first-order chi connectivity index (χ1) is 9.56. The van der Waals surface area contributed by atoms with Crippen LogP contribution in [0.25, 0.3) is 0 Å². The minimum atomic E-state index is -0.139. The number of carbonyl (C=O) groups excluding carboxylic acids is 1. The molecule has 0 spiro atoms. The van der Waals surface area contributed by atoms with Crippen molar-refractivity contribution in [1.82, 2.24) is 9.99 Å². The third-order valence-electron chi connectivity index (χ3n) is 3.00. The van der Waals surface area contributed by atoms with Crippen LogP contribution in [0.1, 0.15) is 18.2 Å². The fraction of sp³-hybridized carbons (Fsp3) is 0.200. The molecule has 0 radical (unpaired) electrons. The number of aromatic nitrogens is 1. The maximum absolute atomic E-state index is 11.8. The Bertz CT molecular complexity index is 629. The lowest BCUT2D eigenvalue weighted by molar-refractivity contribution is -0.120. The highest BCUT2D eigenvalue weighted by molar-refractivity contribution is 6.30. The monoisotopic (exact) mass is 289 g/mol. The molecule has 0 bridgehead atoms. The summed E-state index contributed by atoms with van der Waals surface area (Å²) in [6.45, 7) is 1.84. The standard InChI is InChI=1S/C15H16ClN3O/c1-11(12-5-7-13(16)8-6-12)17-18-15(20)10-14-4-3-9-19(14)2/h3-9H,10H2,1-2H3,(H,18,20)/b17-11-. The lowest BCUT2D eigenvalue weighted by Crippen LogP contribution is -2.22. The fourth-order valence-corrected chi connectivity index (χ4v) is 1.91. The van der Waals surface area contributed by atoms with Gasteiger partial charge in [0.2, 0.25) is 5.91 Å². The van der Waals surface area contributed by atoms with Crippen molar-refractivity contribution in [1.29, 1.82) is 0 Å². The van der Waals surface area contributed by atoms with Gasteiger partial charge in [-0.1, -0.05) is 23.7 Å². The summed E-state index contributed by atoms with van der Waals surface area (Å²) < 4.78 is 1.91. The second kappa shape index (κ2) is 6.39. The number of hydrazone groups is 1. The van der Waals surface area contributed by atoms with Crippen molar-refractivity contribution in [2.45, 2.75) is 13.3 Å².